The molecule has 0 unspecified atom stereocenters. The zero-order valence-corrected chi connectivity index (χ0v) is 6.24. The van der Waals surface area contributed by atoms with Gasteiger partial charge in [0.1, 0.15) is 12.0 Å². The topological polar surface area (TPSA) is 68.9 Å². The van der Waals surface area contributed by atoms with Crippen molar-refractivity contribution in [3.8, 4) is 0 Å². The molecule has 0 radical (unpaired) electrons. The quantitative estimate of drug-likeness (QED) is 0.653. The largest absolute Gasteiger partial charge is 0.364 e. The molecule has 2 N–H and O–H groups in total. The minimum Gasteiger partial charge on any atom is -0.364 e. The minimum atomic E-state index is -0.496. The molecule has 4 heteroatoms. The Balaban J connectivity index is 3.12. The molecule has 4 nitrogen and oxygen atoms in total. The summed E-state index contributed by atoms with van der Waals surface area (Å²) in [5.41, 5.74) is 6.17. The Labute approximate surface area is 64.5 Å². The maximum Gasteiger partial charge on any atom is 0.267 e. The first-order chi connectivity index (χ1) is 5.25. The van der Waals surface area contributed by atoms with Crippen LogP contribution in [-0.4, -0.2) is 15.9 Å². The summed E-state index contributed by atoms with van der Waals surface area (Å²) in [5, 5.41) is 0. The van der Waals surface area contributed by atoms with Crippen LogP contribution in [0, 0.1) is 0 Å². The number of carbonyl (C=O) groups is 1. The van der Waals surface area contributed by atoms with E-state index in [4.69, 9.17) is 5.73 Å². The van der Waals surface area contributed by atoms with Crippen LogP contribution in [0.1, 0.15) is 23.0 Å². The molecule has 0 aliphatic rings. The van der Waals surface area contributed by atoms with Crippen molar-refractivity contribution in [1.82, 2.24) is 9.97 Å². The monoisotopic (exact) mass is 151 g/mol. The van der Waals surface area contributed by atoms with E-state index >= 15 is 0 Å². The van der Waals surface area contributed by atoms with Crippen LogP contribution in [0.5, 0.6) is 0 Å². The molecule has 11 heavy (non-hydrogen) atoms. The van der Waals surface area contributed by atoms with Crippen molar-refractivity contribution in [1.29, 1.82) is 0 Å². The highest BCUT2D eigenvalue weighted by atomic mass is 16.1. The number of aromatic nitrogens is 2. The summed E-state index contributed by atoms with van der Waals surface area (Å²) in [6, 6.07) is 0. The van der Waals surface area contributed by atoms with Crippen LogP contribution in [-0.2, 0) is 6.42 Å². The lowest BCUT2D eigenvalue weighted by Gasteiger charge is -1.99. The summed E-state index contributed by atoms with van der Waals surface area (Å²) in [4.78, 5) is 18.3. The molecule has 0 fully saturated rings. The molecule has 1 rings (SSSR count). The van der Waals surface area contributed by atoms with Gasteiger partial charge in [-0.3, -0.25) is 4.79 Å². The molecule has 0 saturated carbocycles. The Hall–Kier alpha value is -1.45. The molecule has 1 amide bonds. The van der Waals surface area contributed by atoms with Crippen molar-refractivity contribution in [3.63, 3.8) is 0 Å². The van der Waals surface area contributed by atoms with Gasteiger partial charge in [0.05, 0.1) is 0 Å². The fourth-order valence-electron chi connectivity index (χ4n) is 0.839. The lowest BCUT2D eigenvalue weighted by molar-refractivity contribution is 0.0994. The number of carbonyl (C=O) groups excluding carboxylic acids is 1. The van der Waals surface area contributed by atoms with E-state index in [0.717, 1.165) is 12.0 Å². The predicted molar refractivity (Wildman–Crippen MR) is 39.9 cm³/mol. The highest BCUT2D eigenvalue weighted by Crippen LogP contribution is 2.02. The third-order valence-electron chi connectivity index (χ3n) is 1.40. The lowest BCUT2D eigenvalue weighted by Crippen LogP contribution is -2.15. The number of amides is 1. The summed E-state index contributed by atoms with van der Waals surface area (Å²) in [6.07, 6.45) is 3.64. The van der Waals surface area contributed by atoms with E-state index < -0.39 is 5.91 Å². The highest BCUT2D eigenvalue weighted by Gasteiger charge is 2.06. The van der Waals surface area contributed by atoms with Crippen LogP contribution in [0.3, 0.4) is 0 Å². The first-order valence-corrected chi connectivity index (χ1v) is 3.34. The van der Waals surface area contributed by atoms with Gasteiger partial charge in [-0.15, -0.1) is 0 Å². The summed E-state index contributed by atoms with van der Waals surface area (Å²) in [5.74, 6) is -0.496. The van der Waals surface area contributed by atoms with Gasteiger partial charge in [-0.05, 0) is 6.42 Å². The van der Waals surface area contributed by atoms with Crippen molar-refractivity contribution in [3.05, 3.63) is 23.8 Å². The zero-order valence-electron chi connectivity index (χ0n) is 6.24. The molecule has 0 aromatic carbocycles. The SMILES string of the molecule is CCc1cncnc1C(N)=O. The Morgan fingerprint density at radius 3 is 2.91 bits per heavy atom. The number of nitrogens with two attached hydrogens (primary N) is 1. The summed E-state index contributed by atoms with van der Waals surface area (Å²) in [6.45, 7) is 1.92. The number of nitrogens with zero attached hydrogens (tertiary/aromatic N) is 2. The molecule has 0 bridgehead atoms. The van der Waals surface area contributed by atoms with Crippen LogP contribution in [0.25, 0.3) is 0 Å². The minimum absolute atomic E-state index is 0.322. The first-order valence-electron chi connectivity index (χ1n) is 3.34. The third-order valence-corrected chi connectivity index (χ3v) is 1.40. The second kappa shape index (κ2) is 3.09. The van der Waals surface area contributed by atoms with Gasteiger partial charge in [-0.1, -0.05) is 6.92 Å². The lowest BCUT2D eigenvalue weighted by atomic mass is 10.2. The standard InChI is InChI=1S/C7H9N3O/c1-2-5-3-9-4-10-6(5)7(8)11/h3-4H,2H2,1H3,(H2,8,11). The first kappa shape index (κ1) is 7.65. The fourth-order valence-corrected chi connectivity index (χ4v) is 0.839. The number of hydrogen-bond donors (Lipinski definition) is 1. The van der Waals surface area contributed by atoms with Gasteiger partial charge >= 0.3 is 0 Å². The van der Waals surface area contributed by atoms with Crippen molar-refractivity contribution < 1.29 is 4.79 Å². The molecule has 1 aromatic heterocycles. The summed E-state index contributed by atoms with van der Waals surface area (Å²) in [7, 11) is 0. The third kappa shape index (κ3) is 1.52. The predicted octanol–water partition coefficient (Wildman–Crippen LogP) is 0.138. The smallest absolute Gasteiger partial charge is 0.267 e. The van der Waals surface area contributed by atoms with Gasteiger partial charge in [0.2, 0.25) is 0 Å². The van der Waals surface area contributed by atoms with E-state index in [1.807, 2.05) is 6.92 Å². The Bertz CT molecular complexity index is 272. The van der Waals surface area contributed by atoms with Gasteiger partial charge < -0.3 is 5.73 Å². The van der Waals surface area contributed by atoms with Gasteiger partial charge in [0.25, 0.3) is 5.91 Å². The second-order valence-corrected chi connectivity index (χ2v) is 2.11. The van der Waals surface area contributed by atoms with E-state index in [1.165, 1.54) is 6.33 Å². The summed E-state index contributed by atoms with van der Waals surface area (Å²) < 4.78 is 0. The zero-order chi connectivity index (χ0) is 8.27. The molecular formula is C7H9N3O. The van der Waals surface area contributed by atoms with Gasteiger partial charge in [0.15, 0.2) is 0 Å². The molecule has 0 aliphatic heterocycles. The van der Waals surface area contributed by atoms with Crippen LogP contribution < -0.4 is 5.73 Å². The number of primary amides is 1. The average Bonchev–Trinajstić information content (AvgIpc) is 2.04. The fraction of sp³-hybridized carbons (Fsp3) is 0.286. The second-order valence-electron chi connectivity index (χ2n) is 2.11. The molecule has 0 saturated heterocycles. The van der Waals surface area contributed by atoms with Crippen LogP contribution in [0.4, 0.5) is 0 Å². The van der Waals surface area contributed by atoms with E-state index in [9.17, 15) is 4.79 Å². The normalized spacial score (nSPS) is 9.55. The maximum atomic E-state index is 10.7. The summed E-state index contributed by atoms with van der Waals surface area (Å²) >= 11 is 0. The van der Waals surface area contributed by atoms with Crippen LogP contribution in [0.15, 0.2) is 12.5 Å². The van der Waals surface area contributed by atoms with Gasteiger partial charge in [0, 0.05) is 11.8 Å². The molecule has 0 aliphatic carbocycles. The van der Waals surface area contributed by atoms with Crippen LogP contribution in [0.2, 0.25) is 0 Å². The average molecular weight is 151 g/mol. The van der Waals surface area contributed by atoms with E-state index in [2.05, 4.69) is 9.97 Å². The van der Waals surface area contributed by atoms with Crippen molar-refractivity contribution in [2.45, 2.75) is 13.3 Å². The van der Waals surface area contributed by atoms with Crippen molar-refractivity contribution in [2.75, 3.05) is 0 Å². The van der Waals surface area contributed by atoms with Gasteiger partial charge in [-0.2, -0.15) is 0 Å². The molecule has 0 spiro atoms. The maximum absolute atomic E-state index is 10.7. The van der Waals surface area contributed by atoms with E-state index in [-0.39, 0.29) is 0 Å². The number of aryl methyl sites for hydroxylation is 1. The van der Waals surface area contributed by atoms with E-state index in [1.54, 1.807) is 6.20 Å². The molecular weight excluding hydrogens is 142 g/mol. The Morgan fingerprint density at radius 1 is 1.73 bits per heavy atom. The van der Waals surface area contributed by atoms with Crippen LogP contribution >= 0.6 is 0 Å². The Morgan fingerprint density at radius 2 is 2.45 bits per heavy atom. The van der Waals surface area contributed by atoms with Crippen molar-refractivity contribution in [2.24, 2.45) is 5.73 Å². The van der Waals surface area contributed by atoms with Crippen molar-refractivity contribution >= 4 is 5.91 Å². The molecule has 58 valence electrons. The number of hydrogen-bond acceptors (Lipinski definition) is 3. The molecule has 1 heterocycles. The highest BCUT2D eigenvalue weighted by molar-refractivity contribution is 5.92. The Kier molecular flexibility index (Phi) is 2.15. The molecule has 1 aromatic rings. The molecule has 0 atom stereocenters. The van der Waals surface area contributed by atoms with E-state index in [0.29, 0.717) is 5.69 Å². The van der Waals surface area contributed by atoms with Gasteiger partial charge in [-0.25, -0.2) is 9.97 Å². The number of rotatable bonds is 2.